The number of hydrogen-bond donors (Lipinski definition) is 0. The molecule has 1 nitrogen and oxygen atoms in total. The van der Waals surface area contributed by atoms with Gasteiger partial charge in [-0.25, -0.2) is 0 Å². The predicted molar refractivity (Wildman–Crippen MR) is 75.8 cm³/mol. The fourth-order valence-corrected chi connectivity index (χ4v) is 2.23. The van der Waals surface area contributed by atoms with Gasteiger partial charge in [-0.05, 0) is 35.3 Å². The van der Waals surface area contributed by atoms with Crippen LogP contribution in [0.25, 0.3) is 0 Å². The van der Waals surface area contributed by atoms with E-state index >= 15 is 0 Å². The molecule has 0 spiro atoms. The van der Waals surface area contributed by atoms with E-state index in [1.165, 1.54) is 0 Å². The predicted octanol–water partition coefficient (Wildman–Crippen LogP) is 4.42. The molecule has 0 fully saturated rings. The second-order valence-corrected chi connectivity index (χ2v) is 6.39. The van der Waals surface area contributed by atoms with Gasteiger partial charge in [-0.15, -0.1) is 0 Å². The van der Waals surface area contributed by atoms with Gasteiger partial charge < -0.3 is 0 Å². The van der Waals surface area contributed by atoms with Gasteiger partial charge in [-0.3, -0.25) is 4.79 Å². The number of allylic oxidation sites excluding steroid dienone is 2. The molecular formula is C17H22O. The Bertz CT molecular complexity index is 489. The van der Waals surface area contributed by atoms with E-state index in [2.05, 4.69) is 33.8 Å². The lowest BCUT2D eigenvalue weighted by Crippen LogP contribution is -2.21. The zero-order chi connectivity index (χ0) is 13.3. The van der Waals surface area contributed by atoms with E-state index in [0.717, 1.165) is 29.5 Å². The van der Waals surface area contributed by atoms with Crippen molar-refractivity contribution in [2.75, 3.05) is 0 Å². The monoisotopic (exact) mass is 242 g/mol. The average molecular weight is 242 g/mol. The second-order valence-electron chi connectivity index (χ2n) is 6.39. The summed E-state index contributed by atoms with van der Waals surface area (Å²) in [6.07, 6.45) is 3.90. The Morgan fingerprint density at radius 2 is 1.89 bits per heavy atom. The van der Waals surface area contributed by atoms with Crippen LogP contribution in [0.5, 0.6) is 0 Å². The highest BCUT2D eigenvalue weighted by molar-refractivity contribution is 6.10. The van der Waals surface area contributed by atoms with Crippen LogP contribution in [0.4, 0.5) is 0 Å². The summed E-state index contributed by atoms with van der Waals surface area (Å²) < 4.78 is 0. The molecule has 0 radical (unpaired) electrons. The van der Waals surface area contributed by atoms with E-state index in [1.54, 1.807) is 0 Å². The standard InChI is InChI=1S/C17H22O/c1-12(17(2,3)4)11-14-10-9-13-7-5-6-8-15(13)16(14)18/h5-8,10,12H,9,11H2,1-4H3/t12-/m1/s1. The molecule has 0 heterocycles. The maximum Gasteiger partial charge on any atom is 0.188 e. The van der Waals surface area contributed by atoms with Crippen LogP contribution in [0.1, 0.15) is 50.0 Å². The van der Waals surface area contributed by atoms with Gasteiger partial charge in [-0.2, -0.15) is 0 Å². The third-order valence-corrected chi connectivity index (χ3v) is 4.13. The molecule has 0 saturated carbocycles. The van der Waals surface area contributed by atoms with Crippen molar-refractivity contribution in [2.45, 2.75) is 40.5 Å². The van der Waals surface area contributed by atoms with Crippen LogP contribution in [0.3, 0.4) is 0 Å². The summed E-state index contributed by atoms with van der Waals surface area (Å²) in [5.74, 6) is 0.742. The van der Waals surface area contributed by atoms with Gasteiger partial charge in [0.15, 0.2) is 5.78 Å². The molecule has 18 heavy (non-hydrogen) atoms. The van der Waals surface area contributed by atoms with Crippen molar-refractivity contribution in [1.29, 1.82) is 0 Å². The molecule has 0 aromatic heterocycles. The Labute approximate surface area is 110 Å². The lowest BCUT2D eigenvalue weighted by molar-refractivity contribution is 0.102. The van der Waals surface area contributed by atoms with Crippen LogP contribution >= 0.6 is 0 Å². The first-order valence-corrected chi connectivity index (χ1v) is 6.71. The van der Waals surface area contributed by atoms with Gasteiger partial charge in [-0.1, -0.05) is 58.0 Å². The normalized spacial score (nSPS) is 17.1. The summed E-state index contributed by atoms with van der Waals surface area (Å²) in [5.41, 5.74) is 3.31. The van der Waals surface area contributed by atoms with Crippen molar-refractivity contribution in [3.05, 3.63) is 47.0 Å². The number of benzene rings is 1. The Morgan fingerprint density at radius 1 is 1.22 bits per heavy atom. The summed E-state index contributed by atoms with van der Waals surface area (Å²) in [6, 6.07) is 7.95. The van der Waals surface area contributed by atoms with Crippen molar-refractivity contribution in [2.24, 2.45) is 11.3 Å². The molecule has 0 N–H and O–H groups in total. The number of hydrogen-bond acceptors (Lipinski definition) is 1. The molecule has 1 aliphatic carbocycles. The number of ketones is 1. The van der Waals surface area contributed by atoms with Gasteiger partial charge in [0, 0.05) is 5.56 Å². The molecule has 2 rings (SSSR count). The Balaban J connectivity index is 2.19. The molecule has 0 aliphatic heterocycles. The highest BCUT2D eigenvalue weighted by atomic mass is 16.1. The highest BCUT2D eigenvalue weighted by Crippen LogP contribution is 2.33. The minimum Gasteiger partial charge on any atom is -0.289 e. The summed E-state index contributed by atoms with van der Waals surface area (Å²) in [4.78, 5) is 12.4. The first-order valence-electron chi connectivity index (χ1n) is 6.71. The molecule has 1 heteroatoms. The third kappa shape index (κ3) is 2.55. The Kier molecular flexibility index (Phi) is 3.43. The SMILES string of the molecule is C[C@H](CC1=CCc2ccccc2C1=O)C(C)(C)C. The van der Waals surface area contributed by atoms with E-state index in [0.29, 0.717) is 5.92 Å². The largest absolute Gasteiger partial charge is 0.289 e. The average Bonchev–Trinajstić information content (AvgIpc) is 2.32. The summed E-state index contributed by atoms with van der Waals surface area (Å²) in [6.45, 7) is 8.94. The molecule has 1 aromatic carbocycles. The van der Waals surface area contributed by atoms with E-state index in [4.69, 9.17) is 0 Å². The van der Waals surface area contributed by atoms with Crippen molar-refractivity contribution in [3.63, 3.8) is 0 Å². The topological polar surface area (TPSA) is 17.1 Å². The zero-order valence-electron chi connectivity index (χ0n) is 11.8. The maximum absolute atomic E-state index is 12.4. The molecule has 1 atom stereocenters. The highest BCUT2D eigenvalue weighted by Gasteiger charge is 2.26. The smallest absolute Gasteiger partial charge is 0.188 e. The van der Waals surface area contributed by atoms with Crippen molar-refractivity contribution >= 4 is 5.78 Å². The second kappa shape index (κ2) is 4.72. The zero-order valence-corrected chi connectivity index (χ0v) is 11.8. The van der Waals surface area contributed by atoms with Gasteiger partial charge in [0.05, 0.1) is 0 Å². The lowest BCUT2D eigenvalue weighted by atomic mass is 9.76. The molecule has 96 valence electrons. The van der Waals surface area contributed by atoms with Crippen molar-refractivity contribution in [3.8, 4) is 0 Å². The molecule has 0 amide bonds. The van der Waals surface area contributed by atoms with E-state index in [-0.39, 0.29) is 11.2 Å². The molecular weight excluding hydrogens is 220 g/mol. The Morgan fingerprint density at radius 3 is 2.56 bits per heavy atom. The number of Topliss-reactive ketones (excluding diaryl/α,β-unsaturated/α-hetero) is 1. The van der Waals surface area contributed by atoms with Gasteiger partial charge >= 0.3 is 0 Å². The number of rotatable bonds is 2. The number of carbonyl (C=O) groups is 1. The van der Waals surface area contributed by atoms with Crippen LogP contribution in [0.15, 0.2) is 35.9 Å². The molecule has 0 unspecified atom stereocenters. The van der Waals surface area contributed by atoms with Gasteiger partial charge in [0.1, 0.15) is 0 Å². The maximum atomic E-state index is 12.4. The molecule has 1 aromatic rings. The van der Waals surface area contributed by atoms with Crippen LogP contribution in [-0.2, 0) is 6.42 Å². The van der Waals surface area contributed by atoms with Crippen LogP contribution < -0.4 is 0 Å². The van der Waals surface area contributed by atoms with Crippen LogP contribution in [-0.4, -0.2) is 5.78 Å². The van der Waals surface area contributed by atoms with Crippen molar-refractivity contribution in [1.82, 2.24) is 0 Å². The van der Waals surface area contributed by atoms with E-state index in [9.17, 15) is 4.79 Å². The third-order valence-electron chi connectivity index (χ3n) is 4.13. The van der Waals surface area contributed by atoms with Crippen LogP contribution in [0, 0.1) is 11.3 Å². The summed E-state index contributed by atoms with van der Waals surface area (Å²) in [7, 11) is 0. The fraction of sp³-hybridized carbons (Fsp3) is 0.471. The quantitative estimate of drug-likeness (QED) is 0.750. The summed E-state index contributed by atoms with van der Waals surface area (Å²) >= 11 is 0. The lowest BCUT2D eigenvalue weighted by Gasteiger charge is -2.28. The first kappa shape index (κ1) is 13.1. The first-order chi connectivity index (χ1) is 8.39. The van der Waals surface area contributed by atoms with E-state index in [1.807, 2.05) is 24.3 Å². The van der Waals surface area contributed by atoms with E-state index < -0.39 is 0 Å². The number of fused-ring (bicyclic) bond motifs is 1. The fourth-order valence-electron chi connectivity index (χ4n) is 2.23. The molecule has 1 aliphatic rings. The summed E-state index contributed by atoms with van der Waals surface area (Å²) in [5, 5.41) is 0. The molecule has 0 bridgehead atoms. The minimum atomic E-state index is 0.230. The van der Waals surface area contributed by atoms with Gasteiger partial charge in [0.2, 0.25) is 0 Å². The van der Waals surface area contributed by atoms with Gasteiger partial charge in [0.25, 0.3) is 0 Å². The Hall–Kier alpha value is -1.37. The minimum absolute atomic E-state index is 0.230. The van der Waals surface area contributed by atoms with Crippen molar-refractivity contribution < 1.29 is 4.79 Å². The molecule has 0 saturated heterocycles. The number of carbonyl (C=O) groups excluding carboxylic acids is 1. The van der Waals surface area contributed by atoms with Crippen LogP contribution in [0.2, 0.25) is 0 Å².